The second-order valence-corrected chi connectivity index (χ2v) is 7.55. The zero-order valence-electron chi connectivity index (χ0n) is 18.3. The van der Waals surface area contributed by atoms with Gasteiger partial charge in [-0.1, -0.05) is 11.6 Å². The van der Waals surface area contributed by atoms with Gasteiger partial charge in [0.05, 0.1) is 12.8 Å². The zero-order valence-corrected chi connectivity index (χ0v) is 19.0. The number of nitrogens with zero attached hydrogens (tertiary/aromatic N) is 4. The molecule has 0 fully saturated rings. The maximum absolute atomic E-state index is 14.0. The second kappa shape index (κ2) is 9.46. The summed E-state index contributed by atoms with van der Waals surface area (Å²) in [6.45, 7) is 4.99. The Bertz CT molecular complexity index is 1250. The average Bonchev–Trinajstić information content (AvgIpc) is 2.76. The van der Waals surface area contributed by atoms with Gasteiger partial charge in [0, 0.05) is 31.2 Å². The summed E-state index contributed by atoms with van der Waals surface area (Å²) in [5.74, 6) is -0.871. The number of hydrogen-bond donors (Lipinski definition) is 0. The summed E-state index contributed by atoms with van der Waals surface area (Å²) in [5.41, 5.74) is 1.93. The lowest BCUT2D eigenvalue weighted by atomic mass is 10.2. The molecule has 0 radical (unpaired) electrons. The third-order valence-electron chi connectivity index (χ3n) is 4.81. The lowest BCUT2D eigenvalue weighted by molar-refractivity contribution is -0.0760. The quantitative estimate of drug-likeness (QED) is 0.523. The lowest BCUT2D eigenvalue weighted by Gasteiger charge is -2.18. The second-order valence-electron chi connectivity index (χ2n) is 7.18. The van der Waals surface area contributed by atoms with Crippen molar-refractivity contribution in [2.75, 3.05) is 14.2 Å². The predicted octanol–water partition coefficient (Wildman–Crippen LogP) is 3.56. The molecule has 0 saturated carbocycles. The normalized spacial score (nSPS) is 10.8. The van der Waals surface area contributed by atoms with E-state index in [0.29, 0.717) is 22.5 Å². The highest BCUT2D eigenvalue weighted by atomic mass is 35.5. The van der Waals surface area contributed by atoms with Gasteiger partial charge >= 0.3 is 0 Å². The van der Waals surface area contributed by atoms with E-state index >= 15 is 0 Å². The first-order valence-electron chi connectivity index (χ1n) is 9.59. The number of aromatic nitrogens is 3. The van der Waals surface area contributed by atoms with Gasteiger partial charge in [0.25, 0.3) is 11.5 Å². The molecule has 32 heavy (non-hydrogen) atoms. The number of aryl methyl sites for hydroxylation is 3. The Balaban J connectivity index is 1.99. The van der Waals surface area contributed by atoms with Crippen LogP contribution in [0.5, 0.6) is 5.75 Å². The Labute approximate surface area is 189 Å². The van der Waals surface area contributed by atoms with Crippen LogP contribution in [0.15, 0.2) is 35.4 Å². The summed E-state index contributed by atoms with van der Waals surface area (Å²) < 4.78 is 21.0. The van der Waals surface area contributed by atoms with Crippen molar-refractivity contribution in [3.05, 3.63) is 80.0 Å². The van der Waals surface area contributed by atoms with E-state index in [1.54, 1.807) is 26.8 Å². The van der Waals surface area contributed by atoms with Crippen LogP contribution >= 0.6 is 11.6 Å². The van der Waals surface area contributed by atoms with Gasteiger partial charge in [0.2, 0.25) is 0 Å². The molecule has 0 atom stereocenters. The van der Waals surface area contributed by atoms with Crippen molar-refractivity contribution in [2.24, 2.45) is 0 Å². The van der Waals surface area contributed by atoms with Crippen molar-refractivity contribution in [3.63, 3.8) is 0 Å². The predicted molar refractivity (Wildman–Crippen MR) is 117 cm³/mol. The molecule has 0 aliphatic carbocycles. The van der Waals surface area contributed by atoms with Gasteiger partial charge in [-0.25, -0.2) is 9.45 Å². The third kappa shape index (κ3) is 4.63. The molecule has 3 heterocycles. The van der Waals surface area contributed by atoms with E-state index in [0.717, 1.165) is 5.06 Å². The third-order valence-corrected chi connectivity index (χ3v) is 5.16. The van der Waals surface area contributed by atoms with Gasteiger partial charge in [-0.15, -0.1) is 0 Å². The van der Waals surface area contributed by atoms with Gasteiger partial charge in [0.1, 0.15) is 34.6 Å². The number of ether oxygens (including phenoxy) is 1. The lowest BCUT2D eigenvalue weighted by Crippen LogP contribution is -2.27. The molecule has 3 aromatic rings. The highest BCUT2D eigenvalue weighted by Crippen LogP contribution is 2.26. The molecule has 3 rings (SSSR count). The Morgan fingerprint density at radius 2 is 1.91 bits per heavy atom. The molecule has 1 amide bonds. The van der Waals surface area contributed by atoms with E-state index in [9.17, 15) is 14.0 Å². The topological polar surface area (TPSA) is 86.5 Å². The van der Waals surface area contributed by atoms with E-state index in [1.165, 1.54) is 43.3 Å². The minimum absolute atomic E-state index is 0.0959. The van der Waals surface area contributed by atoms with Crippen LogP contribution in [0.2, 0.25) is 5.02 Å². The molecule has 10 heteroatoms. The monoisotopic (exact) mass is 460 g/mol. The van der Waals surface area contributed by atoms with Crippen molar-refractivity contribution < 1.29 is 18.8 Å². The summed E-state index contributed by atoms with van der Waals surface area (Å²) in [4.78, 5) is 38.5. The van der Waals surface area contributed by atoms with Crippen LogP contribution < -0.4 is 10.3 Å². The first-order valence-corrected chi connectivity index (χ1v) is 9.97. The molecule has 0 saturated heterocycles. The molecule has 8 nitrogen and oxygen atoms in total. The molecule has 0 bridgehead atoms. The fraction of sp³-hybridized carbons (Fsp3) is 0.273. The van der Waals surface area contributed by atoms with E-state index in [-0.39, 0.29) is 28.8 Å². The molecule has 0 spiro atoms. The van der Waals surface area contributed by atoms with Crippen LogP contribution in [0.4, 0.5) is 4.39 Å². The van der Waals surface area contributed by atoms with Gasteiger partial charge in [-0.05, 0) is 44.0 Å². The van der Waals surface area contributed by atoms with Crippen LogP contribution in [-0.2, 0) is 11.4 Å². The van der Waals surface area contributed by atoms with Crippen LogP contribution in [0.1, 0.15) is 33.0 Å². The summed E-state index contributed by atoms with van der Waals surface area (Å²) in [6, 6.07) is 4.41. The minimum atomic E-state index is -0.549. The number of rotatable bonds is 6. The van der Waals surface area contributed by atoms with Crippen molar-refractivity contribution in [2.45, 2.75) is 27.4 Å². The number of halogens is 2. The fourth-order valence-electron chi connectivity index (χ4n) is 3.02. The number of hydrogen-bond acceptors (Lipinski definition) is 6. The minimum Gasteiger partial charge on any atom is -0.485 e. The smallest absolute Gasteiger partial charge is 0.295 e. The molecule has 168 valence electrons. The molecule has 0 N–H and O–H groups in total. The highest BCUT2D eigenvalue weighted by molar-refractivity contribution is 6.31. The first kappa shape index (κ1) is 23.4. The molecule has 0 aromatic carbocycles. The Morgan fingerprint density at radius 1 is 1.19 bits per heavy atom. The summed E-state index contributed by atoms with van der Waals surface area (Å²) in [7, 11) is 2.81. The number of pyridine rings is 3. The van der Waals surface area contributed by atoms with Gasteiger partial charge in [0.15, 0.2) is 0 Å². The Morgan fingerprint density at radius 3 is 2.56 bits per heavy atom. The van der Waals surface area contributed by atoms with Crippen LogP contribution in [0.25, 0.3) is 5.69 Å². The van der Waals surface area contributed by atoms with E-state index in [1.807, 2.05) is 0 Å². The van der Waals surface area contributed by atoms with Crippen molar-refractivity contribution in [3.8, 4) is 11.4 Å². The number of carbonyl (C=O) groups is 1. The molecule has 0 aliphatic rings. The number of hydroxylamine groups is 2. The Hall–Kier alpha value is -3.30. The average molecular weight is 461 g/mol. The van der Waals surface area contributed by atoms with Gasteiger partial charge in [-0.3, -0.25) is 29.0 Å². The van der Waals surface area contributed by atoms with E-state index in [4.69, 9.17) is 21.2 Å². The highest BCUT2D eigenvalue weighted by Gasteiger charge is 2.19. The van der Waals surface area contributed by atoms with Crippen molar-refractivity contribution in [1.29, 1.82) is 0 Å². The van der Waals surface area contributed by atoms with Crippen LogP contribution in [-0.4, -0.2) is 39.7 Å². The largest absolute Gasteiger partial charge is 0.485 e. The van der Waals surface area contributed by atoms with Gasteiger partial charge < -0.3 is 4.74 Å². The first-order chi connectivity index (χ1) is 15.1. The van der Waals surface area contributed by atoms with E-state index in [2.05, 4.69) is 9.97 Å². The molecular formula is C22H22ClFN4O4. The standard InChI is InChI=1S/C22H22ClFN4O4/c1-12-6-15(24)17(25-9-12)11-32-19-7-14(3)28(22(30)20(19)23)18-8-16(26-10-13(18)2)21(29)27(4)31-5/h6-10H,11H2,1-5H3. The summed E-state index contributed by atoms with van der Waals surface area (Å²) in [5, 5.41) is 0.848. The molecule has 0 unspecified atom stereocenters. The molecular weight excluding hydrogens is 439 g/mol. The fourth-order valence-corrected chi connectivity index (χ4v) is 3.21. The SMILES string of the molecule is CON(C)C(=O)c1cc(-n2c(C)cc(OCc3ncc(C)cc3F)c(Cl)c2=O)c(C)cn1. The zero-order chi connectivity index (χ0) is 23.6. The molecule has 0 aliphatic heterocycles. The van der Waals surface area contributed by atoms with Crippen LogP contribution in [0.3, 0.4) is 0 Å². The van der Waals surface area contributed by atoms with E-state index < -0.39 is 17.3 Å². The molecule has 3 aromatic heterocycles. The number of amides is 1. The Kier molecular flexibility index (Phi) is 6.90. The van der Waals surface area contributed by atoms with Gasteiger partial charge in [-0.2, -0.15) is 0 Å². The van der Waals surface area contributed by atoms with Crippen molar-refractivity contribution in [1.82, 2.24) is 19.6 Å². The number of carbonyl (C=O) groups excluding carboxylic acids is 1. The maximum atomic E-state index is 14.0. The summed E-state index contributed by atoms with van der Waals surface area (Å²) in [6.07, 6.45) is 3.01. The van der Waals surface area contributed by atoms with Crippen LogP contribution in [0, 0.1) is 26.6 Å². The summed E-state index contributed by atoms with van der Waals surface area (Å²) >= 11 is 6.30. The maximum Gasteiger partial charge on any atom is 0.295 e. The van der Waals surface area contributed by atoms with Crippen molar-refractivity contribution >= 4 is 17.5 Å².